The Balaban J connectivity index is 2.52. The zero-order chi connectivity index (χ0) is 11.5. The molecule has 3 heteroatoms. The van der Waals surface area contributed by atoms with Crippen LogP contribution in [0.2, 0.25) is 0 Å². The minimum atomic E-state index is 0.00406. The summed E-state index contributed by atoms with van der Waals surface area (Å²) >= 11 is 0. The van der Waals surface area contributed by atoms with Crippen molar-refractivity contribution in [2.45, 2.75) is 20.4 Å². The van der Waals surface area contributed by atoms with E-state index in [4.69, 9.17) is 0 Å². The van der Waals surface area contributed by atoms with Gasteiger partial charge in [-0.3, -0.25) is 4.79 Å². The summed E-state index contributed by atoms with van der Waals surface area (Å²) in [7, 11) is 0. The lowest BCUT2D eigenvalue weighted by Crippen LogP contribution is -1.95. The fraction of sp³-hybridized carbons (Fsp3) is 0.231. The maximum absolute atomic E-state index is 11.3. The highest BCUT2D eigenvalue weighted by Gasteiger charge is 2.11. The smallest absolute Gasteiger partial charge is 0.179 e. The summed E-state index contributed by atoms with van der Waals surface area (Å²) in [6.07, 6.45) is 1.81. The summed E-state index contributed by atoms with van der Waals surface area (Å²) in [5.41, 5.74) is 1.57. The number of Topliss-reactive ketones (excluding diaryl/α,β-unsaturated/α-hetero) is 1. The number of aryl methyl sites for hydroxylation is 1. The van der Waals surface area contributed by atoms with Gasteiger partial charge in [-0.15, -0.1) is 0 Å². The summed E-state index contributed by atoms with van der Waals surface area (Å²) in [4.78, 5) is 15.6. The zero-order valence-electron chi connectivity index (χ0n) is 9.47. The molecule has 1 heterocycles. The van der Waals surface area contributed by atoms with Crippen LogP contribution in [-0.4, -0.2) is 15.3 Å². The lowest BCUT2D eigenvalue weighted by atomic mass is 10.2. The van der Waals surface area contributed by atoms with Crippen molar-refractivity contribution in [2.75, 3.05) is 0 Å². The van der Waals surface area contributed by atoms with Crippen molar-refractivity contribution < 1.29 is 4.79 Å². The molecule has 0 atom stereocenters. The van der Waals surface area contributed by atoms with Crippen LogP contribution in [0.4, 0.5) is 0 Å². The Morgan fingerprint density at radius 3 is 2.56 bits per heavy atom. The first-order valence-electron chi connectivity index (χ1n) is 5.36. The number of ketones is 1. The quantitative estimate of drug-likeness (QED) is 0.736. The highest BCUT2D eigenvalue weighted by atomic mass is 16.1. The number of hydrogen-bond acceptors (Lipinski definition) is 2. The first-order valence-corrected chi connectivity index (χ1v) is 5.36. The van der Waals surface area contributed by atoms with E-state index in [1.54, 1.807) is 0 Å². The van der Waals surface area contributed by atoms with Crippen LogP contribution in [0.5, 0.6) is 0 Å². The van der Waals surface area contributed by atoms with Crippen molar-refractivity contribution in [1.29, 1.82) is 0 Å². The van der Waals surface area contributed by atoms with Crippen molar-refractivity contribution in [3.63, 3.8) is 0 Å². The third-order valence-electron chi connectivity index (χ3n) is 2.51. The molecule has 2 aromatic rings. The van der Waals surface area contributed by atoms with E-state index >= 15 is 0 Å². The van der Waals surface area contributed by atoms with Crippen LogP contribution in [0.3, 0.4) is 0 Å². The number of benzene rings is 1. The lowest BCUT2D eigenvalue weighted by molar-refractivity contribution is 0.101. The van der Waals surface area contributed by atoms with Gasteiger partial charge in [0.05, 0.1) is 0 Å². The Labute approximate surface area is 94.7 Å². The van der Waals surface area contributed by atoms with E-state index in [-0.39, 0.29) is 5.78 Å². The van der Waals surface area contributed by atoms with Crippen molar-refractivity contribution in [2.24, 2.45) is 0 Å². The molecule has 1 aromatic heterocycles. The Bertz CT molecular complexity index is 500. The van der Waals surface area contributed by atoms with E-state index in [1.165, 1.54) is 6.92 Å². The third-order valence-corrected chi connectivity index (χ3v) is 2.51. The van der Waals surface area contributed by atoms with Crippen LogP contribution in [0.15, 0.2) is 36.5 Å². The van der Waals surface area contributed by atoms with Crippen LogP contribution in [0.1, 0.15) is 24.3 Å². The second-order valence-corrected chi connectivity index (χ2v) is 3.66. The molecule has 3 nitrogen and oxygen atoms in total. The topological polar surface area (TPSA) is 34.9 Å². The number of nitrogens with zero attached hydrogens (tertiary/aromatic N) is 2. The zero-order valence-corrected chi connectivity index (χ0v) is 9.47. The summed E-state index contributed by atoms with van der Waals surface area (Å²) in [5, 5.41) is 0. The molecule has 1 aromatic carbocycles. The summed E-state index contributed by atoms with van der Waals surface area (Å²) < 4.78 is 1.99. The molecule has 2 rings (SSSR count). The minimum absolute atomic E-state index is 0.00406. The van der Waals surface area contributed by atoms with Crippen LogP contribution < -0.4 is 0 Å². The SMILES string of the molecule is CCn1cc(C(C)=O)nc1-c1ccccc1. The maximum Gasteiger partial charge on any atom is 0.179 e. The monoisotopic (exact) mass is 214 g/mol. The molecule has 16 heavy (non-hydrogen) atoms. The Morgan fingerprint density at radius 2 is 2.00 bits per heavy atom. The summed E-state index contributed by atoms with van der Waals surface area (Å²) in [6, 6.07) is 9.90. The first-order chi connectivity index (χ1) is 7.72. The first kappa shape index (κ1) is 10.6. The number of imidazole rings is 1. The Hall–Kier alpha value is -1.90. The van der Waals surface area contributed by atoms with Crippen LogP contribution in [0.25, 0.3) is 11.4 Å². The number of rotatable bonds is 3. The predicted octanol–water partition coefficient (Wildman–Crippen LogP) is 2.77. The highest BCUT2D eigenvalue weighted by molar-refractivity contribution is 5.92. The van der Waals surface area contributed by atoms with Gasteiger partial charge in [0.15, 0.2) is 5.78 Å². The van der Waals surface area contributed by atoms with Gasteiger partial charge in [-0.1, -0.05) is 30.3 Å². The Morgan fingerprint density at radius 1 is 1.31 bits per heavy atom. The second-order valence-electron chi connectivity index (χ2n) is 3.66. The standard InChI is InChI=1S/C13H14N2O/c1-3-15-9-12(10(2)16)14-13(15)11-7-5-4-6-8-11/h4-9H,3H2,1-2H3. The largest absolute Gasteiger partial charge is 0.330 e. The fourth-order valence-electron chi connectivity index (χ4n) is 1.64. The molecule has 0 fully saturated rings. The van der Waals surface area contributed by atoms with Gasteiger partial charge in [0.1, 0.15) is 11.5 Å². The van der Waals surface area contributed by atoms with E-state index in [9.17, 15) is 4.79 Å². The van der Waals surface area contributed by atoms with Crippen molar-refractivity contribution in [1.82, 2.24) is 9.55 Å². The van der Waals surface area contributed by atoms with Gasteiger partial charge in [0, 0.05) is 25.2 Å². The molecular weight excluding hydrogens is 200 g/mol. The maximum atomic E-state index is 11.3. The van der Waals surface area contributed by atoms with Gasteiger partial charge in [-0.2, -0.15) is 0 Å². The average Bonchev–Trinajstić information content (AvgIpc) is 2.74. The van der Waals surface area contributed by atoms with Gasteiger partial charge in [0.25, 0.3) is 0 Å². The van der Waals surface area contributed by atoms with Crippen LogP contribution in [0, 0.1) is 0 Å². The molecule has 0 amide bonds. The molecule has 0 aliphatic rings. The van der Waals surface area contributed by atoms with Crippen LogP contribution in [-0.2, 0) is 6.54 Å². The molecule has 0 aliphatic carbocycles. The molecule has 0 spiro atoms. The molecule has 0 saturated heterocycles. The molecule has 0 unspecified atom stereocenters. The van der Waals surface area contributed by atoms with Gasteiger partial charge >= 0.3 is 0 Å². The number of carbonyl (C=O) groups excluding carboxylic acids is 1. The summed E-state index contributed by atoms with van der Waals surface area (Å²) in [5.74, 6) is 0.859. The molecule has 0 bridgehead atoms. The number of carbonyl (C=O) groups is 1. The van der Waals surface area contributed by atoms with E-state index < -0.39 is 0 Å². The van der Waals surface area contributed by atoms with Crippen molar-refractivity contribution >= 4 is 5.78 Å². The highest BCUT2D eigenvalue weighted by Crippen LogP contribution is 2.18. The van der Waals surface area contributed by atoms with Crippen LogP contribution >= 0.6 is 0 Å². The normalized spacial score (nSPS) is 10.4. The number of aromatic nitrogens is 2. The van der Waals surface area contributed by atoms with Gasteiger partial charge < -0.3 is 4.57 Å². The van der Waals surface area contributed by atoms with E-state index in [0.717, 1.165) is 17.9 Å². The molecule has 0 radical (unpaired) electrons. The van der Waals surface area contributed by atoms with Crippen molar-refractivity contribution in [3.8, 4) is 11.4 Å². The average molecular weight is 214 g/mol. The molecule has 0 aliphatic heterocycles. The van der Waals surface area contributed by atoms with E-state index in [1.807, 2.05) is 48.0 Å². The third kappa shape index (κ3) is 1.89. The van der Waals surface area contributed by atoms with E-state index in [2.05, 4.69) is 4.98 Å². The molecule has 82 valence electrons. The van der Waals surface area contributed by atoms with E-state index in [0.29, 0.717) is 5.69 Å². The predicted molar refractivity (Wildman–Crippen MR) is 63.3 cm³/mol. The lowest BCUT2D eigenvalue weighted by Gasteiger charge is -2.03. The molecule has 0 saturated carbocycles. The van der Waals surface area contributed by atoms with Gasteiger partial charge in [-0.25, -0.2) is 4.98 Å². The fourth-order valence-corrected chi connectivity index (χ4v) is 1.64. The molecular formula is C13H14N2O. The minimum Gasteiger partial charge on any atom is -0.330 e. The Kier molecular flexibility index (Phi) is 2.86. The molecule has 0 N–H and O–H groups in total. The van der Waals surface area contributed by atoms with Crippen molar-refractivity contribution in [3.05, 3.63) is 42.2 Å². The summed E-state index contributed by atoms with van der Waals surface area (Å²) in [6.45, 7) is 4.39. The second kappa shape index (κ2) is 4.31. The number of hydrogen-bond donors (Lipinski definition) is 0. The van der Waals surface area contributed by atoms with Gasteiger partial charge in [0.2, 0.25) is 0 Å². The van der Waals surface area contributed by atoms with Gasteiger partial charge in [-0.05, 0) is 6.92 Å².